The Labute approximate surface area is 335 Å². The maximum Gasteiger partial charge on any atom is 0.242 e. The predicted molar refractivity (Wildman–Crippen MR) is 247 cm³/mol. The van der Waals surface area contributed by atoms with Gasteiger partial charge in [-0.3, -0.25) is 0 Å². The first kappa shape index (κ1) is 34.9. The average Bonchev–Trinajstić information content (AvgIpc) is 3.73. The van der Waals surface area contributed by atoms with E-state index in [9.17, 15) is 0 Å². The molecule has 0 bridgehead atoms. The van der Waals surface area contributed by atoms with Crippen LogP contribution in [0.2, 0.25) is 0 Å². The Morgan fingerprint density at radius 1 is 0.351 bits per heavy atom. The molecule has 0 N–H and O–H groups in total. The lowest BCUT2D eigenvalue weighted by atomic mass is 9.34. The summed E-state index contributed by atoms with van der Waals surface area (Å²) in [4.78, 5) is 0. The molecular weight excluding hydrogens is 687 g/mol. The number of aryl methyl sites for hydroxylation is 6. The first-order valence-corrected chi connectivity index (χ1v) is 20.1. The minimum Gasteiger partial charge on any atom is -0.307 e. The molecule has 8 aromatic carbocycles. The lowest BCUT2D eigenvalue weighted by Crippen LogP contribution is -2.55. The number of hydrogen-bond donors (Lipinski definition) is 0. The van der Waals surface area contributed by atoms with Crippen LogP contribution in [0.3, 0.4) is 0 Å². The van der Waals surface area contributed by atoms with E-state index in [0.29, 0.717) is 0 Å². The lowest BCUT2D eigenvalue weighted by molar-refractivity contribution is 1.15. The van der Waals surface area contributed by atoms with Gasteiger partial charge in [-0.1, -0.05) is 177 Å². The van der Waals surface area contributed by atoms with Gasteiger partial charge in [0.2, 0.25) is 6.71 Å². The Balaban J connectivity index is 1.16. The molecular formula is C54H45BN2. The molecule has 0 saturated heterocycles. The summed E-state index contributed by atoms with van der Waals surface area (Å²) in [6.07, 6.45) is 0. The highest BCUT2D eigenvalue weighted by Gasteiger charge is 2.28. The molecule has 0 aliphatic rings. The first-order chi connectivity index (χ1) is 27.8. The van der Waals surface area contributed by atoms with Crippen LogP contribution in [0.1, 0.15) is 33.4 Å². The van der Waals surface area contributed by atoms with E-state index in [4.69, 9.17) is 0 Å². The number of fused-ring (bicyclic) bond motifs is 7. The molecule has 0 fully saturated rings. The highest BCUT2D eigenvalue weighted by molar-refractivity contribution is 6.96. The van der Waals surface area contributed by atoms with Crippen LogP contribution in [-0.4, -0.2) is 15.8 Å². The predicted octanol–water partition coefficient (Wildman–Crippen LogP) is 11.9. The highest BCUT2D eigenvalue weighted by atomic mass is 15.0. The number of benzene rings is 8. The van der Waals surface area contributed by atoms with Crippen LogP contribution in [0.4, 0.5) is 0 Å². The zero-order valence-electron chi connectivity index (χ0n) is 33.6. The van der Waals surface area contributed by atoms with Gasteiger partial charge >= 0.3 is 0 Å². The summed E-state index contributed by atoms with van der Waals surface area (Å²) in [5, 5.41) is 5.02. The van der Waals surface area contributed by atoms with E-state index in [0.717, 1.165) is 11.4 Å². The number of nitrogens with zero attached hydrogens (tertiary/aromatic N) is 2. The van der Waals surface area contributed by atoms with Crippen molar-refractivity contribution in [1.29, 1.82) is 0 Å². The maximum absolute atomic E-state index is 2.49. The van der Waals surface area contributed by atoms with Crippen molar-refractivity contribution in [3.8, 4) is 22.5 Å². The number of hydrogen-bond acceptors (Lipinski definition) is 0. The first-order valence-electron chi connectivity index (χ1n) is 20.1. The highest BCUT2D eigenvalue weighted by Crippen LogP contribution is 2.42. The lowest BCUT2D eigenvalue weighted by Gasteiger charge is -2.24. The topological polar surface area (TPSA) is 9.86 Å². The van der Waals surface area contributed by atoms with Gasteiger partial charge in [-0.05, 0) is 89.1 Å². The van der Waals surface area contributed by atoms with Crippen molar-refractivity contribution in [3.63, 3.8) is 0 Å². The monoisotopic (exact) mass is 732 g/mol. The maximum atomic E-state index is 2.49. The minimum atomic E-state index is 0.142. The van der Waals surface area contributed by atoms with Crippen LogP contribution in [0.5, 0.6) is 0 Å². The largest absolute Gasteiger partial charge is 0.307 e. The third-order valence-electron chi connectivity index (χ3n) is 12.2. The van der Waals surface area contributed by atoms with E-state index < -0.39 is 0 Å². The van der Waals surface area contributed by atoms with E-state index in [1.54, 1.807) is 0 Å². The van der Waals surface area contributed by atoms with Gasteiger partial charge in [0.15, 0.2) is 0 Å². The van der Waals surface area contributed by atoms with Gasteiger partial charge in [-0.25, -0.2) is 0 Å². The smallest absolute Gasteiger partial charge is 0.242 e. The molecule has 10 aromatic rings. The Kier molecular flexibility index (Phi) is 8.30. The molecule has 0 saturated carbocycles. The molecule has 0 aliphatic heterocycles. The molecule has 2 aromatic heterocycles. The van der Waals surface area contributed by atoms with Crippen molar-refractivity contribution in [3.05, 3.63) is 197 Å². The summed E-state index contributed by atoms with van der Waals surface area (Å²) in [5.41, 5.74) is 21.7. The molecule has 0 atom stereocenters. The second-order valence-electron chi connectivity index (χ2n) is 16.1. The third kappa shape index (κ3) is 5.64. The van der Waals surface area contributed by atoms with Crippen molar-refractivity contribution in [2.45, 2.75) is 41.5 Å². The van der Waals surface area contributed by atoms with Crippen molar-refractivity contribution in [1.82, 2.24) is 9.13 Å². The molecule has 0 radical (unpaired) electrons. The SMILES string of the molecule is Cc1cc(C)c(B(c2ccc(-c3cccc(-n4c5ccccc5c5ccc6c7ccccc7n(-c7ccccc7)c6c54)c3)cc2)c2c(C)cc(C)cc2C)c(C)c1. The second kappa shape index (κ2) is 13.6. The molecule has 2 heterocycles. The van der Waals surface area contributed by atoms with E-state index in [1.165, 1.54) is 105 Å². The molecule has 0 aliphatic carbocycles. The van der Waals surface area contributed by atoms with Gasteiger partial charge in [0, 0.05) is 32.9 Å². The van der Waals surface area contributed by atoms with Gasteiger partial charge in [-0.15, -0.1) is 0 Å². The molecule has 2 nitrogen and oxygen atoms in total. The zero-order chi connectivity index (χ0) is 38.9. The van der Waals surface area contributed by atoms with E-state index >= 15 is 0 Å². The molecule has 57 heavy (non-hydrogen) atoms. The van der Waals surface area contributed by atoms with Gasteiger partial charge in [-0.2, -0.15) is 0 Å². The summed E-state index contributed by atoms with van der Waals surface area (Å²) >= 11 is 0. The standard InChI is InChI=1S/C54H45BN2/c1-34-29-36(3)51(37(4)30-34)55(52-38(5)31-35(2)32-39(52)6)42-25-23-40(24-26-42)41-15-14-18-44(33-41)57-50-22-13-11-20-46(50)48-28-27-47-45-19-10-12-21-49(45)56(53(47)54(48)57)43-16-8-7-9-17-43/h7-33H,1-6H3. The van der Waals surface area contributed by atoms with Crippen molar-refractivity contribution in [2.75, 3.05) is 0 Å². The van der Waals surface area contributed by atoms with Crippen LogP contribution in [-0.2, 0) is 0 Å². The van der Waals surface area contributed by atoms with E-state index in [2.05, 4.69) is 214 Å². The van der Waals surface area contributed by atoms with Gasteiger partial charge in [0.1, 0.15) is 0 Å². The van der Waals surface area contributed by atoms with Gasteiger partial charge in [0.05, 0.1) is 22.1 Å². The molecule has 3 heteroatoms. The van der Waals surface area contributed by atoms with Crippen molar-refractivity contribution >= 4 is 66.7 Å². The van der Waals surface area contributed by atoms with Gasteiger partial charge in [0.25, 0.3) is 0 Å². The fourth-order valence-corrected chi connectivity index (χ4v) is 10.1. The van der Waals surface area contributed by atoms with Crippen LogP contribution >= 0.6 is 0 Å². The third-order valence-corrected chi connectivity index (χ3v) is 12.2. The Hall–Kier alpha value is -6.58. The summed E-state index contributed by atoms with van der Waals surface area (Å²) in [7, 11) is 0. The molecule has 0 unspecified atom stereocenters. The van der Waals surface area contributed by atoms with Crippen LogP contribution in [0, 0.1) is 41.5 Å². The Bertz CT molecular complexity index is 3080. The molecule has 274 valence electrons. The van der Waals surface area contributed by atoms with Crippen molar-refractivity contribution < 1.29 is 0 Å². The Morgan fingerprint density at radius 2 is 0.807 bits per heavy atom. The number of para-hydroxylation sites is 3. The zero-order valence-corrected chi connectivity index (χ0v) is 33.6. The number of aromatic nitrogens is 2. The van der Waals surface area contributed by atoms with Crippen LogP contribution in [0.25, 0.3) is 66.1 Å². The molecule has 0 amide bonds. The minimum absolute atomic E-state index is 0.142. The second-order valence-corrected chi connectivity index (χ2v) is 16.1. The van der Waals surface area contributed by atoms with Crippen LogP contribution < -0.4 is 16.4 Å². The average molecular weight is 733 g/mol. The normalized spacial score (nSPS) is 11.7. The summed E-state index contributed by atoms with van der Waals surface area (Å²) in [6, 6.07) is 61.0. The number of rotatable bonds is 6. The molecule has 10 rings (SSSR count). The fourth-order valence-electron chi connectivity index (χ4n) is 10.1. The van der Waals surface area contributed by atoms with E-state index in [-0.39, 0.29) is 6.71 Å². The quantitative estimate of drug-likeness (QED) is 0.151. The summed E-state index contributed by atoms with van der Waals surface area (Å²) < 4.78 is 4.95. The fraction of sp³-hybridized carbons (Fsp3) is 0.111. The van der Waals surface area contributed by atoms with E-state index in [1.807, 2.05) is 0 Å². The summed E-state index contributed by atoms with van der Waals surface area (Å²) in [5.74, 6) is 0. The molecule has 0 spiro atoms. The van der Waals surface area contributed by atoms with Crippen LogP contribution in [0.15, 0.2) is 164 Å². The Morgan fingerprint density at radius 3 is 1.33 bits per heavy atom. The van der Waals surface area contributed by atoms with Gasteiger partial charge < -0.3 is 9.13 Å². The summed E-state index contributed by atoms with van der Waals surface area (Å²) in [6.45, 7) is 13.7. The van der Waals surface area contributed by atoms with Crippen molar-refractivity contribution in [2.24, 2.45) is 0 Å².